The minimum absolute atomic E-state index is 0.394. The zero-order valence-electron chi connectivity index (χ0n) is 13.9. The van der Waals surface area contributed by atoms with Crippen molar-refractivity contribution in [3.05, 3.63) is 56.3 Å². The second-order valence-corrected chi connectivity index (χ2v) is 8.20. The average molecular weight is 470 g/mol. The molecule has 4 nitrogen and oxygen atoms in total. The minimum Gasteiger partial charge on any atom is -0.465 e. The number of rotatable bonds is 3. The van der Waals surface area contributed by atoms with Gasteiger partial charge < -0.3 is 15.4 Å². The van der Waals surface area contributed by atoms with Crippen LogP contribution in [0.4, 0.5) is 11.4 Å². The Balaban J connectivity index is 1.80. The van der Waals surface area contributed by atoms with E-state index in [-0.39, 0.29) is 0 Å². The van der Waals surface area contributed by atoms with Gasteiger partial charge in [0.2, 0.25) is 0 Å². The first-order valence-corrected chi connectivity index (χ1v) is 9.93. The highest BCUT2D eigenvalue weighted by atomic mass is 79.9. The number of ether oxygens (including phenoxy) is 1. The number of anilines is 2. The van der Waals surface area contributed by atoms with Crippen LogP contribution in [0.25, 0.3) is 10.1 Å². The number of methoxy groups -OCH3 is 1. The third-order valence-corrected chi connectivity index (χ3v) is 6.13. The van der Waals surface area contributed by atoms with Crippen molar-refractivity contribution in [2.24, 2.45) is 0 Å². The summed E-state index contributed by atoms with van der Waals surface area (Å²) < 4.78 is 6.57. The van der Waals surface area contributed by atoms with Crippen LogP contribution in [0.2, 0.25) is 5.02 Å². The molecule has 1 aromatic heterocycles. The van der Waals surface area contributed by atoms with Gasteiger partial charge in [-0.05, 0) is 71.0 Å². The Morgan fingerprint density at radius 3 is 2.69 bits per heavy atom. The molecule has 26 heavy (non-hydrogen) atoms. The van der Waals surface area contributed by atoms with E-state index in [1.54, 1.807) is 0 Å². The molecule has 0 bridgehead atoms. The Labute approximate surface area is 173 Å². The molecule has 0 aliphatic rings. The number of thiocarbonyl (C=S) groups is 1. The van der Waals surface area contributed by atoms with Crippen molar-refractivity contribution in [3.8, 4) is 0 Å². The summed E-state index contributed by atoms with van der Waals surface area (Å²) in [6, 6.07) is 11.6. The van der Waals surface area contributed by atoms with Crippen molar-refractivity contribution in [1.29, 1.82) is 0 Å². The van der Waals surface area contributed by atoms with Gasteiger partial charge >= 0.3 is 5.97 Å². The Hall–Kier alpha value is -1.67. The van der Waals surface area contributed by atoms with Crippen molar-refractivity contribution in [2.45, 2.75) is 6.92 Å². The van der Waals surface area contributed by atoms with E-state index in [2.05, 4.69) is 26.6 Å². The highest BCUT2D eigenvalue weighted by molar-refractivity contribution is 9.10. The largest absolute Gasteiger partial charge is 0.465 e. The van der Waals surface area contributed by atoms with Gasteiger partial charge in [0.1, 0.15) is 4.88 Å². The van der Waals surface area contributed by atoms with E-state index in [9.17, 15) is 4.79 Å². The molecule has 3 rings (SSSR count). The van der Waals surface area contributed by atoms with Gasteiger partial charge in [-0.3, -0.25) is 0 Å². The van der Waals surface area contributed by atoms with Gasteiger partial charge in [-0.15, -0.1) is 11.3 Å². The first-order valence-electron chi connectivity index (χ1n) is 7.53. The number of hydrogen-bond acceptors (Lipinski definition) is 4. The maximum Gasteiger partial charge on any atom is 0.349 e. The van der Waals surface area contributed by atoms with Gasteiger partial charge in [0.15, 0.2) is 5.11 Å². The number of esters is 1. The molecule has 0 saturated heterocycles. The number of halogens is 2. The summed E-state index contributed by atoms with van der Waals surface area (Å²) in [4.78, 5) is 12.2. The van der Waals surface area contributed by atoms with Gasteiger partial charge in [0.25, 0.3) is 0 Å². The summed E-state index contributed by atoms with van der Waals surface area (Å²) in [5.74, 6) is -0.438. The van der Waals surface area contributed by atoms with Crippen LogP contribution in [-0.2, 0) is 4.74 Å². The number of benzene rings is 2. The number of aryl methyl sites for hydroxylation is 1. The molecule has 0 aliphatic carbocycles. The van der Waals surface area contributed by atoms with E-state index in [1.807, 2.05) is 43.3 Å². The molecule has 1 heterocycles. The van der Waals surface area contributed by atoms with Crippen molar-refractivity contribution < 1.29 is 9.53 Å². The van der Waals surface area contributed by atoms with Gasteiger partial charge in [-0.1, -0.05) is 17.7 Å². The number of hydrogen-bond donors (Lipinski definition) is 2. The summed E-state index contributed by atoms with van der Waals surface area (Å²) in [6.45, 7) is 2.02. The zero-order chi connectivity index (χ0) is 18.8. The first kappa shape index (κ1) is 19.1. The van der Waals surface area contributed by atoms with Crippen LogP contribution in [-0.4, -0.2) is 18.2 Å². The van der Waals surface area contributed by atoms with E-state index in [0.29, 0.717) is 15.0 Å². The standard InChI is InChI=1S/C18H14BrClN2O2S2/c1-9-3-6-13(12(19)7-9)22-18(25)21-10-4-5-11-14(8-10)26-16(15(11)20)17(23)24-2/h3-8H,1-2H3,(H2,21,22,25). The van der Waals surface area contributed by atoms with Crippen LogP contribution < -0.4 is 10.6 Å². The molecule has 0 atom stereocenters. The summed E-state index contributed by atoms with van der Waals surface area (Å²) >= 11 is 16.5. The van der Waals surface area contributed by atoms with E-state index in [1.165, 1.54) is 18.4 Å². The second-order valence-electron chi connectivity index (χ2n) is 5.51. The Morgan fingerprint density at radius 2 is 2.00 bits per heavy atom. The summed E-state index contributed by atoms with van der Waals surface area (Å²) in [6.07, 6.45) is 0. The molecule has 2 aromatic carbocycles. The molecule has 2 N–H and O–H groups in total. The number of nitrogens with one attached hydrogen (secondary N) is 2. The minimum atomic E-state index is -0.438. The Kier molecular flexibility index (Phi) is 5.82. The van der Waals surface area contributed by atoms with Crippen LogP contribution in [0.5, 0.6) is 0 Å². The quantitative estimate of drug-likeness (QED) is 0.352. The van der Waals surface area contributed by atoms with Crippen LogP contribution in [0, 0.1) is 6.92 Å². The average Bonchev–Trinajstić information content (AvgIpc) is 2.93. The lowest BCUT2D eigenvalue weighted by molar-refractivity contribution is 0.0606. The number of thiophene rings is 1. The molecule has 134 valence electrons. The molecule has 0 amide bonds. The van der Waals surface area contributed by atoms with Crippen LogP contribution in [0.3, 0.4) is 0 Å². The molecular formula is C18H14BrClN2O2S2. The Morgan fingerprint density at radius 1 is 1.23 bits per heavy atom. The van der Waals surface area contributed by atoms with Crippen LogP contribution >= 0.6 is 51.1 Å². The smallest absolute Gasteiger partial charge is 0.349 e. The summed E-state index contributed by atoms with van der Waals surface area (Å²) in [7, 11) is 1.34. The molecule has 0 radical (unpaired) electrons. The molecule has 0 aliphatic heterocycles. The lowest BCUT2D eigenvalue weighted by Gasteiger charge is -2.12. The third kappa shape index (κ3) is 4.01. The van der Waals surface area contributed by atoms with Gasteiger partial charge in [-0.2, -0.15) is 0 Å². The zero-order valence-corrected chi connectivity index (χ0v) is 17.8. The maximum absolute atomic E-state index is 11.8. The van der Waals surface area contributed by atoms with E-state index < -0.39 is 5.97 Å². The normalized spacial score (nSPS) is 10.6. The van der Waals surface area contributed by atoms with Crippen LogP contribution in [0.1, 0.15) is 15.2 Å². The summed E-state index contributed by atoms with van der Waals surface area (Å²) in [5.41, 5.74) is 2.83. The SMILES string of the molecule is COC(=O)c1sc2cc(NC(=S)Nc3ccc(C)cc3Br)ccc2c1Cl. The molecule has 0 fully saturated rings. The van der Waals surface area contributed by atoms with E-state index in [4.69, 9.17) is 28.6 Å². The fourth-order valence-electron chi connectivity index (χ4n) is 2.37. The molecule has 0 saturated carbocycles. The van der Waals surface area contributed by atoms with Crippen molar-refractivity contribution in [1.82, 2.24) is 0 Å². The van der Waals surface area contributed by atoms with E-state index >= 15 is 0 Å². The monoisotopic (exact) mass is 468 g/mol. The van der Waals surface area contributed by atoms with Crippen LogP contribution in [0.15, 0.2) is 40.9 Å². The highest BCUT2D eigenvalue weighted by Crippen LogP contribution is 2.37. The van der Waals surface area contributed by atoms with Gasteiger partial charge in [-0.25, -0.2) is 4.79 Å². The van der Waals surface area contributed by atoms with Crippen molar-refractivity contribution in [3.63, 3.8) is 0 Å². The Bertz CT molecular complexity index is 1020. The van der Waals surface area contributed by atoms with Crippen molar-refractivity contribution in [2.75, 3.05) is 17.7 Å². The fourth-order valence-corrected chi connectivity index (χ4v) is 4.66. The molecule has 0 spiro atoms. The first-order chi connectivity index (χ1) is 12.4. The topological polar surface area (TPSA) is 50.4 Å². The van der Waals surface area contributed by atoms with Gasteiger partial charge in [0.05, 0.1) is 17.8 Å². The van der Waals surface area contributed by atoms with Gasteiger partial charge in [0, 0.05) is 20.2 Å². The lowest BCUT2D eigenvalue weighted by atomic mass is 10.2. The fraction of sp³-hybridized carbons (Fsp3) is 0.111. The lowest BCUT2D eigenvalue weighted by Crippen LogP contribution is -2.19. The predicted octanol–water partition coefficient (Wildman–Crippen LogP) is 6.22. The number of carbonyl (C=O) groups is 1. The molecule has 8 heteroatoms. The highest BCUT2D eigenvalue weighted by Gasteiger charge is 2.17. The molecule has 0 unspecified atom stereocenters. The predicted molar refractivity (Wildman–Crippen MR) is 117 cm³/mol. The third-order valence-electron chi connectivity index (χ3n) is 3.63. The second kappa shape index (κ2) is 7.92. The molecule has 3 aromatic rings. The maximum atomic E-state index is 11.8. The van der Waals surface area contributed by atoms with Crippen molar-refractivity contribution >= 4 is 83.6 Å². The summed E-state index contributed by atoms with van der Waals surface area (Å²) in [5, 5.41) is 7.98. The number of fused-ring (bicyclic) bond motifs is 1. The molecular weight excluding hydrogens is 456 g/mol. The van der Waals surface area contributed by atoms with E-state index in [0.717, 1.165) is 31.5 Å². The number of carbonyl (C=O) groups excluding carboxylic acids is 1.